The van der Waals surface area contributed by atoms with Crippen LogP contribution in [0.2, 0.25) is 15.1 Å². The maximum atomic E-state index is 11.5. The van der Waals surface area contributed by atoms with E-state index in [2.05, 4.69) is 17.6 Å². The molecule has 0 heterocycles. The molecule has 6 heteroatoms. The summed E-state index contributed by atoms with van der Waals surface area (Å²) in [5.41, 5.74) is 0.522. The SMILES string of the molecule is CCCCNC(=O)CNc1c(Cl)cc(Cl)cc1Cl. The number of unbranched alkanes of at least 4 members (excludes halogenated alkanes) is 1. The van der Waals surface area contributed by atoms with Gasteiger partial charge in [-0.05, 0) is 18.6 Å². The summed E-state index contributed by atoms with van der Waals surface area (Å²) in [6.45, 7) is 2.88. The van der Waals surface area contributed by atoms with Crippen LogP contribution in [0.15, 0.2) is 12.1 Å². The van der Waals surface area contributed by atoms with E-state index in [1.165, 1.54) is 0 Å². The molecule has 0 spiro atoms. The fourth-order valence-electron chi connectivity index (χ4n) is 1.35. The Kier molecular flexibility index (Phi) is 6.61. The first kappa shape index (κ1) is 15.4. The van der Waals surface area contributed by atoms with E-state index in [0.717, 1.165) is 12.8 Å². The van der Waals surface area contributed by atoms with Gasteiger partial charge in [-0.15, -0.1) is 0 Å². The number of rotatable bonds is 6. The highest BCUT2D eigenvalue weighted by atomic mass is 35.5. The Bertz CT molecular complexity index is 401. The molecule has 0 bridgehead atoms. The van der Waals surface area contributed by atoms with E-state index in [1.807, 2.05) is 0 Å². The lowest BCUT2D eigenvalue weighted by molar-refractivity contribution is -0.119. The van der Waals surface area contributed by atoms with Gasteiger partial charge in [-0.3, -0.25) is 4.79 Å². The molecule has 18 heavy (non-hydrogen) atoms. The molecule has 1 aromatic rings. The van der Waals surface area contributed by atoms with Gasteiger partial charge >= 0.3 is 0 Å². The molecule has 1 rings (SSSR count). The Labute approximate surface area is 122 Å². The molecule has 3 nitrogen and oxygen atoms in total. The molecule has 0 saturated heterocycles. The van der Waals surface area contributed by atoms with Crippen LogP contribution in [0, 0.1) is 0 Å². The zero-order valence-electron chi connectivity index (χ0n) is 10.0. The molecule has 0 atom stereocenters. The van der Waals surface area contributed by atoms with Crippen molar-refractivity contribution in [3.05, 3.63) is 27.2 Å². The first-order chi connectivity index (χ1) is 8.54. The van der Waals surface area contributed by atoms with Gasteiger partial charge in [0.05, 0.1) is 22.3 Å². The van der Waals surface area contributed by atoms with Crippen molar-refractivity contribution in [2.45, 2.75) is 19.8 Å². The minimum absolute atomic E-state index is 0.0921. The van der Waals surface area contributed by atoms with E-state index in [4.69, 9.17) is 34.8 Å². The Morgan fingerprint density at radius 1 is 1.22 bits per heavy atom. The van der Waals surface area contributed by atoms with Crippen LogP contribution in [0.3, 0.4) is 0 Å². The topological polar surface area (TPSA) is 41.1 Å². The Morgan fingerprint density at radius 2 is 1.83 bits per heavy atom. The van der Waals surface area contributed by atoms with E-state index in [-0.39, 0.29) is 12.5 Å². The number of benzene rings is 1. The van der Waals surface area contributed by atoms with Crippen LogP contribution in [-0.4, -0.2) is 19.0 Å². The van der Waals surface area contributed by atoms with E-state index < -0.39 is 0 Å². The third kappa shape index (κ3) is 4.92. The fourth-order valence-corrected chi connectivity index (χ4v) is 2.30. The van der Waals surface area contributed by atoms with Crippen molar-refractivity contribution < 1.29 is 4.79 Å². The van der Waals surface area contributed by atoms with E-state index in [0.29, 0.717) is 27.3 Å². The van der Waals surface area contributed by atoms with E-state index in [9.17, 15) is 4.79 Å². The quantitative estimate of drug-likeness (QED) is 0.781. The number of carbonyl (C=O) groups is 1. The van der Waals surface area contributed by atoms with E-state index in [1.54, 1.807) is 12.1 Å². The van der Waals surface area contributed by atoms with Crippen molar-refractivity contribution in [3.63, 3.8) is 0 Å². The van der Waals surface area contributed by atoms with Crippen molar-refractivity contribution in [1.82, 2.24) is 5.32 Å². The van der Waals surface area contributed by atoms with Crippen molar-refractivity contribution in [3.8, 4) is 0 Å². The summed E-state index contributed by atoms with van der Waals surface area (Å²) in [5, 5.41) is 6.95. The van der Waals surface area contributed by atoms with Gasteiger partial charge in [0.1, 0.15) is 0 Å². The summed E-state index contributed by atoms with van der Waals surface area (Å²) in [6.07, 6.45) is 2.01. The highest BCUT2D eigenvalue weighted by molar-refractivity contribution is 6.41. The van der Waals surface area contributed by atoms with E-state index >= 15 is 0 Å². The normalized spacial score (nSPS) is 10.2. The first-order valence-electron chi connectivity index (χ1n) is 5.69. The molecule has 100 valence electrons. The Hall–Kier alpha value is -0.640. The lowest BCUT2D eigenvalue weighted by Crippen LogP contribution is -2.30. The standard InChI is InChI=1S/C12H15Cl3N2O/c1-2-3-4-16-11(18)7-17-12-9(14)5-8(13)6-10(12)15/h5-6,17H,2-4,7H2,1H3,(H,16,18). The third-order valence-electron chi connectivity index (χ3n) is 2.29. The first-order valence-corrected chi connectivity index (χ1v) is 6.83. The molecule has 0 aliphatic heterocycles. The Morgan fingerprint density at radius 3 is 2.39 bits per heavy atom. The number of amides is 1. The molecule has 0 fully saturated rings. The number of hydrogen-bond acceptors (Lipinski definition) is 2. The number of carbonyl (C=O) groups excluding carboxylic acids is 1. The summed E-state index contributed by atoms with van der Waals surface area (Å²) in [6, 6.07) is 3.15. The number of hydrogen-bond donors (Lipinski definition) is 2. The van der Waals surface area contributed by atoms with Gasteiger partial charge in [0, 0.05) is 11.6 Å². The molecule has 0 unspecified atom stereocenters. The largest absolute Gasteiger partial charge is 0.374 e. The van der Waals surface area contributed by atoms with Crippen LogP contribution in [0.1, 0.15) is 19.8 Å². The van der Waals surface area contributed by atoms with Gasteiger partial charge in [0.25, 0.3) is 0 Å². The highest BCUT2D eigenvalue weighted by Gasteiger charge is 2.09. The molecule has 0 radical (unpaired) electrons. The van der Waals surface area contributed by atoms with Crippen LogP contribution in [0.5, 0.6) is 0 Å². The average molecular weight is 310 g/mol. The predicted octanol–water partition coefficient (Wildman–Crippen LogP) is 3.98. The van der Waals surface area contributed by atoms with Crippen molar-refractivity contribution in [1.29, 1.82) is 0 Å². The molecular formula is C12H15Cl3N2O. The maximum absolute atomic E-state index is 11.5. The fraction of sp³-hybridized carbons (Fsp3) is 0.417. The van der Waals surface area contributed by atoms with Gasteiger partial charge in [0.15, 0.2) is 0 Å². The summed E-state index contributed by atoms with van der Waals surface area (Å²) in [5.74, 6) is -0.0921. The summed E-state index contributed by atoms with van der Waals surface area (Å²) < 4.78 is 0. The van der Waals surface area contributed by atoms with Crippen molar-refractivity contribution in [2.24, 2.45) is 0 Å². The molecule has 0 aliphatic carbocycles. The van der Waals surface area contributed by atoms with Gasteiger partial charge in [-0.2, -0.15) is 0 Å². The minimum atomic E-state index is -0.0921. The second kappa shape index (κ2) is 7.72. The summed E-state index contributed by atoms with van der Waals surface area (Å²) in [4.78, 5) is 11.5. The lowest BCUT2D eigenvalue weighted by atomic mass is 10.3. The smallest absolute Gasteiger partial charge is 0.239 e. The second-order valence-corrected chi connectivity index (χ2v) is 5.05. The van der Waals surface area contributed by atoms with Crippen LogP contribution in [0.25, 0.3) is 0 Å². The molecule has 1 aromatic carbocycles. The molecule has 2 N–H and O–H groups in total. The second-order valence-electron chi connectivity index (χ2n) is 3.80. The zero-order valence-corrected chi connectivity index (χ0v) is 12.3. The Balaban J connectivity index is 2.51. The molecular weight excluding hydrogens is 295 g/mol. The summed E-state index contributed by atoms with van der Waals surface area (Å²) in [7, 11) is 0. The molecule has 0 aromatic heterocycles. The third-order valence-corrected chi connectivity index (χ3v) is 3.10. The highest BCUT2D eigenvalue weighted by Crippen LogP contribution is 2.33. The van der Waals surface area contributed by atoms with Crippen LogP contribution in [0.4, 0.5) is 5.69 Å². The van der Waals surface area contributed by atoms with Crippen LogP contribution in [-0.2, 0) is 4.79 Å². The van der Waals surface area contributed by atoms with Crippen LogP contribution >= 0.6 is 34.8 Å². The molecule has 0 aliphatic rings. The number of halogens is 3. The summed E-state index contributed by atoms with van der Waals surface area (Å²) >= 11 is 17.8. The van der Waals surface area contributed by atoms with Crippen molar-refractivity contribution in [2.75, 3.05) is 18.4 Å². The van der Waals surface area contributed by atoms with Crippen LogP contribution < -0.4 is 10.6 Å². The lowest BCUT2D eigenvalue weighted by Gasteiger charge is -2.11. The minimum Gasteiger partial charge on any atom is -0.374 e. The van der Waals surface area contributed by atoms with Gasteiger partial charge in [-0.1, -0.05) is 48.1 Å². The van der Waals surface area contributed by atoms with Gasteiger partial charge in [-0.25, -0.2) is 0 Å². The number of nitrogens with one attached hydrogen (secondary N) is 2. The predicted molar refractivity (Wildman–Crippen MR) is 77.9 cm³/mol. The van der Waals surface area contributed by atoms with Crippen molar-refractivity contribution >= 4 is 46.4 Å². The molecule has 1 amide bonds. The number of anilines is 1. The monoisotopic (exact) mass is 308 g/mol. The van der Waals surface area contributed by atoms with Gasteiger partial charge in [0.2, 0.25) is 5.91 Å². The maximum Gasteiger partial charge on any atom is 0.239 e. The zero-order chi connectivity index (χ0) is 13.5. The van der Waals surface area contributed by atoms with Gasteiger partial charge < -0.3 is 10.6 Å². The molecule has 0 saturated carbocycles. The average Bonchev–Trinajstić information content (AvgIpc) is 2.27.